The van der Waals surface area contributed by atoms with Crippen molar-refractivity contribution in [2.75, 3.05) is 0 Å². The van der Waals surface area contributed by atoms with Crippen LogP contribution in [0, 0.1) is 0 Å². The lowest BCUT2D eigenvalue weighted by Gasteiger charge is -2.30. The van der Waals surface area contributed by atoms with Crippen LogP contribution in [0.3, 0.4) is 0 Å². The van der Waals surface area contributed by atoms with E-state index in [9.17, 15) is 10.2 Å². The summed E-state index contributed by atoms with van der Waals surface area (Å²) in [6, 6.07) is 3.59. The van der Waals surface area contributed by atoms with E-state index in [1.54, 1.807) is 19.1 Å². The van der Waals surface area contributed by atoms with Crippen molar-refractivity contribution in [3.05, 3.63) is 28.8 Å². The van der Waals surface area contributed by atoms with E-state index >= 15 is 0 Å². The maximum absolute atomic E-state index is 10.5. The Labute approximate surface area is 116 Å². The van der Waals surface area contributed by atoms with Crippen LogP contribution in [-0.4, -0.2) is 10.2 Å². The zero-order valence-corrected chi connectivity index (χ0v) is 13.1. The van der Waals surface area contributed by atoms with Crippen molar-refractivity contribution in [2.45, 2.75) is 65.0 Å². The average molecular weight is 265 g/mol. The lowest BCUT2D eigenvalue weighted by Crippen LogP contribution is -2.33. The highest BCUT2D eigenvalue weighted by atomic mass is 16.3. The third kappa shape index (κ3) is 3.48. The normalized spacial score (nSPS) is 16.3. The summed E-state index contributed by atoms with van der Waals surface area (Å²) in [6.07, 6.45) is 0. The number of phenolic OH excluding ortho intramolecular Hbond substituents is 1. The molecule has 4 N–H and O–H groups in total. The molecule has 1 rings (SSSR count). The summed E-state index contributed by atoms with van der Waals surface area (Å²) in [5, 5.41) is 20.6. The Hall–Kier alpha value is -1.06. The molecule has 1 unspecified atom stereocenters. The van der Waals surface area contributed by atoms with Gasteiger partial charge in [0.05, 0.1) is 0 Å². The van der Waals surface area contributed by atoms with Gasteiger partial charge in [-0.2, -0.15) is 0 Å². The van der Waals surface area contributed by atoms with Gasteiger partial charge in [-0.25, -0.2) is 0 Å². The summed E-state index contributed by atoms with van der Waals surface area (Å²) in [5.41, 5.74) is 6.20. The van der Waals surface area contributed by atoms with Gasteiger partial charge in [0, 0.05) is 0 Å². The van der Waals surface area contributed by atoms with E-state index < -0.39 is 5.72 Å². The molecule has 0 heterocycles. The molecule has 0 radical (unpaired) electrons. The van der Waals surface area contributed by atoms with Crippen LogP contribution < -0.4 is 5.73 Å². The Morgan fingerprint density at radius 2 is 1.16 bits per heavy atom. The number of rotatable bonds is 1. The third-order valence-corrected chi connectivity index (χ3v) is 3.31. The van der Waals surface area contributed by atoms with Crippen LogP contribution in [0.4, 0.5) is 0 Å². The molecular formula is C16H27NO2. The van der Waals surface area contributed by atoms with Gasteiger partial charge in [0.1, 0.15) is 11.5 Å². The Morgan fingerprint density at radius 1 is 0.842 bits per heavy atom. The standard InChI is InChI=1S/C16H27NO2/c1-14(2,3)11-8-10(16(7,17)19)9-12(13(11)18)15(4,5)6/h8-9,18-19H,17H2,1-7H3. The monoisotopic (exact) mass is 265 g/mol. The summed E-state index contributed by atoms with van der Waals surface area (Å²) < 4.78 is 0. The maximum Gasteiger partial charge on any atom is 0.136 e. The molecule has 3 heteroatoms. The average Bonchev–Trinajstić information content (AvgIpc) is 2.11. The highest BCUT2D eigenvalue weighted by Gasteiger charge is 2.29. The first-order valence-electron chi connectivity index (χ1n) is 6.64. The smallest absolute Gasteiger partial charge is 0.136 e. The van der Waals surface area contributed by atoms with Crippen molar-refractivity contribution in [3.63, 3.8) is 0 Å². The summed E-state index contributed by atoms with van der Waals surface area (Å²) in [6.45, 7) is 13.7. The van der Waals surface area contributed by atoms with Crippen molar-refractivity contribution < 1.29 is 10.2 Å². The van der Waals surface area contributed by atoms with E-state index in [4.69, 9.17) is 5.73 Å². The Kier molecular flexibility index (Phi) is 3.79. The zero-order chi connectivity index (χ0) is 15.2. The third-order valence-electron chi connectivity index (χ3n) is 3.31. The summed E-state index contributed by atoms with van der Waals surface area (Å²) in [7, 11) is 0. The number of hydrogen-bond donors (Lipinski definition) is 3. The second kappa shape index (κ2) is 4.50. The molecule has 0 fully saturated rings. The molecule has 3 nitrogen and oxygen atoms in total. The highest BCUT2D eigenvalue weighted by molar-refractivity contribution is 5.50. The van der Waals surface area contributed by atoms with E-state index in [2.05, 4.69) is 0 Å². The van der Waals surface area contributed by atoms with Gasteiger partial charge in [0.15, 0.2) is 0 Å². The first kappa shape index (κ1) is 16.0. The second-order valence-corrected chi connectivity index (χ2v) is 7.57. The molecule has 0 saturated heterocycles. The molecule has 0 aliphatic rings. The van der Waals surface area contributed by atoms with Crippen molar-refractivity contribution in [2.24, 2.45) is 5.73 Å². The van der Waals surface area contributed by atoms with Gasteiger partial charge >= 0.3 is 0 Å². The summed E-state index contributed by atoms with van der Waals surface area (Å²) in [4.78, 5) is 0. The van der Waals surface area contributed by atoms with Crippen LogP contribution in [0.15, 0.2) is 12.1 Å². The lowest BCUT2D eigenvalue weighted by molar-refractivity contribution is 0.0643. The van der Waals surface area contributed by atoms with Gasteiger partial charge in [0.25, 0.3) is 0 Å². The van der Waals surface area contributed by atoms with Gasteiger partial charge < -0.3 is 15.9 Å². The van der Waals surface area contributed by atoms with E-state index in [1.807, 2.05) is 41.5 Å². The van der Waals surface area contributed by atoms with Crippen molar-refractivity contribution in [1.29, 1.82) is 0 Å². The molecule has 19 heavy (non-hydrogen) atoms. The fourth-order valence-electron chi connectivity index (χ4n) is 2.07. The Balaban J connectivity index is 3.68. The zero-order valence-electron chi connectivity index (χ0n) is 13.1. The molecule has 108 valence electrons. The number of hydrogen-bond acceptors (Lipinski definition) is 3. The topological polar surface area (TPSA) is 66.5 Å². The first-order valence-corrected chi connectivity index (χ1v) is 6.64. The predicted molar refractivity (Wildman–Crippen MR) is 79.3 cm³/mol. The lowest BCUT2D eigenvalue weighted by atomic mass is 9.77. The molecule has 1 aromatic rings. The molecule has 0 bridgehead atoms. The van der Waals surface area contributed by atoms with Crippen molar-refractivity contribution in [3.8, 4) is 5.75 Å². The molecule has 0 aromatic heterocycles. The fraction of sp³-hybridized carbons (Fsp3) is 0.625. The fourth-order valence-corrected chi connectivity index (χ4v) is 2.07. The molecule has 0 aliphatic carbocycles. The van der Waals surface area contributed by atoms with Gasteiger partial charge in [-0.1, -0.05) is 41.5 Å². The van der Waals surface area contributed by atoms with Gasteiger partial charge in [-0.05, 0) is 46.6 Å². The van der Waals surface area contributed by atoms with E-state index in [0.29, 0.717) is 11.3 Å². The van der Waals surface area contributed by atoms with E-state index in [1.165, 1.54) is 0 Å². The van der Waals surface area contributed by atoms with Crippen LogP contribution in [0.5, 0.6) is 5.75 Å². The number of aliphatic hydroxyl groups is 1. The molecule has 0 spiro atoms. The number of nitrogens with two attached hydrogens (primary N) is 1. The molecule has 1 atom stereocenters. The Bertz CT molecular complexity index is 436. The van der Waals surface area contributed by atoms with Crippen molar-refractivity contribution >= 4 is 0 Å². The summed E-state index contributed by atoms with van der Waals surface area (Å²) >= 11 is 0. The summed E-state index contributed by atoms with van der Waals surface area (Å²) in [5.74, 6) is 0.299. The maximum atomic E-state index is 10.5. The van der Waals surface area contributed by atoms with Crippen molar-refractivity contribution in [1.82, 2.24) is 0 Å². The molecular weight excluding hydrogens is 238 g/mol. The highest BCUT2D eigenvalue weighted by Crippen LogP contribution is 2.40. The van der Waals surface area contributed by atoms with Crippen LogP contribution >= 0.6 is 0 Å². The molecule has 0 aliphatic heterocycles. The predicted octanol–water partition coefficient (Wildman–Crippen LogP) is 3.11. The van der Waals surface area contributed by atoms with E-state index in [-0.39, 0.29) is 10.8 Å². The van der Waals surface area contributed by atoms with E-state index in [0.717, 1.165) is 11.1 Å². The van der Waals surface area contributed by atoms with Gasteiger partial charge in [-0.15, -0.1) is 0 Å². The SMILES string of the molecule is CC(C)(C)c1cc(C(C)(N)O)cc(C(C)(C)C)c1O. The number of phenols is 1. The minimum absolute atomic E-state index is 0.217. The quantitative estimate of drug-likeness (QED) is 0.683. The minimum atomic E-state index is -1.41. The molecule has 1 aromatic carbocycles. The van der Waals surface area contributed by atoms with Crippen LogP contribution in [0.2, 0.25) is 0 Å². The van der Waals surface area contributed by atoms with Crippen LogP contribution in [0.1, 0.15) is 65.2 Å². The number of benzene rings is 1. The van der Waals surface area contributed by atoms with Gasteiger partial charge in [-0.3, -0.25) is 0 Å². The van der Waals surface area contributed by atoms with Crippen LogP contribution in [-0.2, 0) is 16.6 Å². The molecule has 0 amide bonds. The number of aromatic hydroxyl groups is 1. The Morgan fingerprint density at radius 3 is 1.37 bits per heavy atom. The van der Waals surface area contributed by atoms with Crippen LogP contribution in [0.25, 0.3) is 0 Å². The van der Waals surface area contributed by atoms with Gasteiger partial charge in [0.2, 0.25) is 0 Å². The first-order chi connectivity index (χ1) is 8.24. The largest absolute Gasteiger partial charge is 0.507 e. The molecule has 0 saturated carbocycles. The second-order valence-electron chi connectivity index (χ2n) is 7.57. The minimum Gasteiger partial charge on any atom is -0.507 e.